The zero-order valence-electron chi connectivity index (χ0n) is 15.0. The minimum Gasteiger partial charge on any atom is -0.441 e. The molecule has 0 amide bonds. The highest BCUT2D eigenvalue weighted by atomic mass is 79.9. The molecule has 0 aliphatic carbocycles. The number of alkyl halides is 1. The molecule has 4 rings (SSSR count). The van der Waals surface area contributed by atoms with Crippen LogP contribution in [-0.4, -0.2) is 34.0 Å². The minimum absolute atomic E-state index is 0.254. The van der Waals surface area contributed by atoms with Gasteiger partial charge >= 0.3 is 5.97 Å². The predicted octanol–water partition coefficient (Wildman–Crippen LogP) is 3.05. The molecule has 5 atom stereocenters. The van der Waals surface area contributed by atoms with E-state index in [0.29, 0.717) is 0 Å². The van der Waals surface area contributed by atoms with Crippen molar-refractivity contribution in [1.82, 2.24) is 0 Å². The second-order valence-electron chi connectivity index (χ2n) is 7.36. The van der Waals surface area contributed by atoms with Crippen LogP contribution in [0.2, 0.25) is 0 Å². The zero-order valence-corrected chi connectivity index (χ0v) is 16.6. The third-order valence-corrected chi connectivity index (χ3v) is 6.60. The highest BCUT2D eigenvalue weighted by Crippen LogP contribution is 2.60. The number of oxime groups is 1. The summed E-state index contributed by atoms with van der Waals surface area (Å²) in [4.78, 5) is 17.4. The molecule has 7 heteroatoms. The Balaban J connectivity index is 1.81. The summed E-state index contributed by atoms with van der Waals surface area (Å²) >= 11 is 3.67. The van der Waals surface area contributed by atoms with Crippen molar-refractivity contribution in [2.75, 3.05) is 0 Å². The van der Waals surface area contributed by atoms with Crippen molar-refractivity contribution in [2.45, 2.75) is 56.4 Å². The van der Waals surface area contributed by atoms with Gasteiger partial charge in [-0.05, 0) is 47.8 Å². The van der Waals surface area contributed by atoms with Gasteiger partial charge in [-0.2, -0.15) is 5.26 Å². The number of hydrogen-bond donors (Lipinski definition) is 0. The van der Waals surface area contributed by atoms with Crippen LogP contribution in [-0.2, 0) is 19.1 Å². The Bertz CT molecular complexity index is 869. The molecule has 1 unspecified atom stereocenters. The van der Waals surface area contributed by atoms with E-state index in [0.717, 1.165) is 22.4 Å². The van der Waals surface area contributed by atoms with Gasteiger partial charge < -0.3 is 14.3 Å². The van der Waals surface area contributed by atoms with E-state index in [1.54, 1.807) is 0 Å². The van der Waals surface area contributed by atoms with Crippen LogP contribution in [0.4, 0.5) is 0 Å². The van der Waals surface area contributed by atoms with Crippen LogP contribution in [0.25, 0.3) is 0 Å². The molecule has 2 saturated heterocycles. The fourth-order valence-corrected chi connectivity index (χ4v) is 5.41. The van der Waals surface area contributed by atoms with Crippen LogP contribution in [0.5, 0.6) is 0 Å². The van der Waals surface area contributed by atoms with Gasteiger partial charge in [-0.1, -0.05) is 22.9 Å². The summed E-state index contributed by atoms with van der Waals surface area (Å²) in [7, 11) is 0. The molecule has 0 radical (unpaired) electrons. The Morgan fingerprint density at radius 2 is 2.04 bits per heavy atom. The summed E-state index contributed by atoms with van der Waals surface area (Å²) in [6.45, 7) is 7.42. The first-order valence-electron chi connectivity index (χ1n) is 8.51. The third kappa shape index (κ3) is 2.18. The lowest BCUT2D eigenvalue weighted by Crippen LogP contribution is -2.55. The summed E-state index contributed by atoms with van der Waals surface area (Å²) in [6, 6.07) is 6.37. The first-order chi connectivity index (χ1) is 12.2. The molecule has 3 heterocycles. The van der Waals surface area contributed by atoms with E-state index in [4.69, 9.17) is 14.3 Å². The average molecular weight is 419 g/mol. The standard InChI is InChI=1S/C19H19BrN2O4/c1-9-5-10(2)14(11(3)6-9)16-15-17-18(8-21,25-12(4)23)7-13(24-17)19(15,20)26-22-16/h5-6,13,15,17H,7H2,1-4H3/t13-,15-,17-,18?,19+/m0/s1. The molecule has 2 bridgehead atoms. The van der Waals surface area contributed by atoms with Gasteiger partial charge in [0.15, 0.2) is 0 Å². The lowest BCUT2D eigenvalue weighted by atomic mass is 9.72. The van der Waals surface area contributed by atoms with E-state index < -0.39 is 28.3 Å². The van der Waals surface area contributed by atoms with Crippen molar-refractivity contribution in [3.8, 4) is 6.07 Å². The van der Waals surface area contributed by atoms with Crippen LogP contribution in [0, 0.1) is 38.0 Å². The molecule has 0 aromatic heterocycles. The van der Waals surface area contributed by atoms with Crippen molar-refractivity contribution < 1.29 is 19.1 Å². The minimum atomic E-state index is -1.32. The summed E-state index contributed by atoms with van der Waals surface area (Å²) in [5, 5.41) is 14.2. The largest absolute Gasteiger partial charge is 0.441 e. The normalized spacial score (nSPS) is 36.9. The first-order valence-corrected chi connectivity index (χ1v) is 9.30. The smallest absolute Gasteiger partial charge is 0.304 e. The number of rotatable bonds is 2. The Hall–Kier alpha value is -1.91. The number of esters is 1. The number of fused-ring (bicyclic) bond motifs is 5. The van der Waals surface area contributed by atoms with E-state index in [9.17, 15) is 10.1 Å². The molecule has 0 spiro atoms. The third-order valence-electron chi connectivity index (χ3n) is 5.45. The number of ether oxygens (including phenoxy) is 2. The number of carbonyl (C=O) groups is 1. The van der Waals surface area contributed by atoms with Gasteiger partial charge in [0.1, 0.15) is 18.3 Å². The molecule has 6 nitrogen and oxygen atoms in total. The van der Waals surface area contributed by atoms with Gasteiger partial charge in [0.2, 0.25) is 10.1 Å². The number of aryl methyl sites for hydroxylation is 3. The molecule has 0 N–H and O–H groups in total. The molecule has 3 aliphatic rings. The van der Waals surface area contributed by atoms with Gasteiger partial charge in [0, 0.05) is 18.9 Å². The van der Waals surface area contributed by atoms with E-state index in [-0.39, 0.29) is 12.3 Å². The molecule has 0 saturated carbocycles. The van der Waals surface area contributed by atoms with Gasteiger partial charge in [-0.25, -0.2) is 0 Å². The summed E-state index contributed by atoms with van der Waals surface area (Å²) < 4.78 is 10.7. The number of halogens is 1. The highest BCUT2D eigenvalue weighted by Gasteiger charge is 2.75. The van der Waals surface area contributed by atoms with Crippen molar-refractivity contribution in [1.29, 1.82) is 5.26 Å². The van der Waals surface area contributed by atoms with Crippen LogP contribution in [0.15, 0.2) is 17.3 Å². The second-order valence-corrected chi connectivity index (χ2v) is 8.60. The van der Waals surface area contributed by atoms with Crippen LogP contribution < -0.4 is 0 Å². The van der Waals surface area contributed by atoms with Crippen molar-refractivity contribution in [3.63, 3.8) is 0 Å². The quantitative estimate of drug-likeness (QED) is 0.544. The fourth-order valence-electron chi connectivity index (χ4n) is 4.61. The highest BCUT2D eigenvalue weighted by molar-refractivity contribution is 9.10. The van der Waals surface area contributed by atoms with Crippen LogP contribution >= 0.6 is 15.9 Å². The van der Waals surface area contributed by atoms with E-state index in [2.05, 4.69) is 39.3 Å². The van der Waals surface area contributed by atoms with Crippen molar-refractivity contribution in [3.05, 3.63) is 34.4 Å². The SMILES string of the molecule is CC(=O)OC1(C#N)C[C@@H]2O[C@H]1[C@@H]1C(c3c(C)cc(C)cc3C)=NO[C@]21Br. The summed E-state index contributed by atoms with van der Waals surface area (Å²) in [5.74, 6) is -0.844. The Labute approximate surface area is 160 Å². The lowest BCUT2D eigenvalue weighted by molar-refractivity contribution is -0.157. The van der Waals surface area contributed by atoms with Crippen LogP contribution in [0.3, 0.4) is 0 Å². The van der Waals surface area contributed by atoms with Gasteiger partial charge in [0.25, 0.3) is 0 Å². The Morgan fingerprint density at radius 1 is 1.38 bits per heavy atom. The number of carbonyl (C=O) groups excluding carboxylic acids is 1. The van der Waals surface area contributed by atoms with Crippen LogP contribution in [0.1, 0.15) is 35.6 Å². The van der Waals surface area contributed by atoms with Gasteiger partial charge in [-0.3, -0.25) is 4.79 Å². The van der Waals surface area contributed by atoms with Gasteiger partial charge in [-0.15, -0.1) is 0 Å². The molecule has 2 fully saturated rings. The van der Waals surface area contributed by atoms with E-state index >= 15 is 0 Å². The number of hydrogen-bond acceptors (Lipinski definition) is 6. The number of nitriles is 1. The monoisotopic (exact) mass is 418 g/mol. The molecule has 3 aliphatic heterocycles. The average Bonchev–Trinajstić information content (AvgIpc) is 3.14. The predicted molar refractivity (Wildman–Crippen MR) is 96.8 cm³/mol. The Morgan fingerprint density at radius 3 is 2.62 bits per heavy atom. The molecular formula is C19H19BrN2O4. The number of benzene rings is 1. The van der Waals surface area contributed by atoms with E-state index in [1.165, 1.54) is 12.5 Å². The number of nitrogens with zero attached hydrogens (tertiary/aromatic N) is 2. The van der Waals surface area contributed by atoms with Gasteiger partial charge in [0.05, 0.1) is 11.6 Å². The maximum atomic E-state index is 11.6. The zero-order chi connectivity index (χ0) is 18.9. The molecular weight excluding hydrogens is 400 g/mol. The lowest BCUT2D eigenvalue weighted by Gasteiger charge is -2.36. The Kier molecular flexibility index (Phi) is 3.73. The second kappa shape index (κ2) is 5.54. The summed E-state index contributed by atoms with van der Waals surface area (Å²) in [5.41, 5.74) is 3.74. The molecule has 136 valence electrons. The maximum Gasteiger partial charge on any atom is 0.304 e. The van der Waals surface area contributed by atoms with E-state index in [1.807, 2.05) is 20.8 Å². The van der Waals surface area contributed by atoms with Crippen molar-refractivity contribution in [2.24, 2.45) is 11.1 Å². The molecule has 1 aromatic rings. The topological polar surface area (TPSA) is 80.9 Å². The van der Waals surface area contributed by atoms with Crippen molar-refractivity contribution >= 4 is 27.6 Å². The fraction of sp³-hybridized carbons (Fsp3) is 0.526. The maximum absolute atomic E-state index is 11.6. The first kappa shape index (κ1) is 17.5. The summed E-state index contributed by atoms with van der Waals surface area (Å²) in [6.07, 6.45) is -0.810. The molecule has 1 aromatic carbocycles. The molecule has 26 heavy (non-hydrogen) atoms.